The van der Waals surface area contributed by atoms with Crippen molar-refractivity contribution in [2.24, 2.45) is 5.73 Å². The molecule has 0 atom stereocenters. The fourth-order valence-electron chi connectivity index (χ4n) is 1.75. The molecular formula is C15H18N2O. The van der Waals surface area contributed by atoms with Crippen LogP contribution in [0.1, 0.15) is 23.7 Å². The second-order valence-corrected chi connectivity index (χ2v) is 4.20. The molecule has 2 aromatic rings. The van der Waals surface area contributed by atoms with Crippen molar-refractivity contribution in [2.45, 2.75) is 26.8 Å². The molecule has 94 valence electrons. The van der Waals surface area contributed by atoms with Crippen LogP contribution < -0.4 is 10.5 Å². The molecule has 0 fully saturated rings. The van der Waals surface area contributed by atoms with Gasteiger partial charge in [0.15, 0.2) is 0 Å². The van der Waals surface area contributed by atoms with Crippen LogP contribution in [0.25, 0.3) is 0 Å². The van der Waals surface area contributed by atoms with E-state index in [-0.39, 0.29) is 0 Å². The first-order valence-corrected chi connectivity index (χ1v) is 6.16. The van der Waals surface area contributed by atoms with Crippen LogP contribution in [0.4, 0.5) is 0 Å². The number of rotatable bonds is 4. The predicted molar refractivity (Wildman–Crippen MR) is 72.8 cm³/mol. The van der Waals surface area contributed by atoms with Gasteiger partial charge in [0.2, 0.25) is 5.88 Å². The maximum Gasteiger partial charge on any atom is 0.219 e. The van der Waals surface area contributed by atoms with Crippen LogP contribution in [-0.2, 0) is 13.0 Å². The van der Waals surface area contributed by atoms with E-state index in [4.69, 9.17) is 10.5 Å². The van der Waals surface area contributed by atoms with E-state index < -0.39 is 0 Å². The summed E-state index contributed by atoms with van der Waals surface area (Å²) in [6.45, 7) is 4.58. The topological polar surface area (TPSA) is 48.1 Å². The second-order valence-electron chi connectivity index (χ2n) is 4.20. The number of nitrogens with two attached hydrogens (primary N) is 1. The van der Waals surface area contributed by atoms with Crippen LogP contribution in [0.15, 0.2) is 36.4 Å². The third kappa shape index (κ3) is 2.87. The molecule has 0 aliphatic carbocycles. The van der Waals surface area contributed by atoms with E-state index in [1.54, 1.807) is 0 Å². The van der Waals surface area contributed by atoms with E-state index >= 15 is 0 Å². The van der Waals surface area contributed by atoms with Gasteiger partial charge in [-0.15, -0.1) is 0 Å². The van der Waals surface area contributed by atoms with E-state index in [1.165, 1.54) is 5.56 Å². The number of hydrogen-bond acceptors (Lipinski definition) is 3. The number of aryl methyl sites for hydroxylation is 2. The number of aromatic nitrogens is 1. The molecule has 0 aliphatic heterocycles. The molecule has 0 spiro atoms. The van der Waals surface area contributed by atoms with Gasteiger partial charge in [0, 0.05) is 18.3 Å². The minimum atomic E-state index is 0.504. The van der Waals surface area contributed by atoms with Gasteiger partial charge >= 0.3 is 0 Å². The van der Waals surface area contributed by atoms with E-state index in [2.05, 4.69) is 24.0 Å². The van der Waals surface area contributed by atoms with E-state index in [0.717, 1.165) is 23.4 Å². The highest BCUT2D eigenvalue weighted by Crippen LogP contribution is 2.21. The normalized spacial score (nSPS) is 10.4. The van der Waals surface area contributed by atoms with Crippen LogP contribution in [-0.4, -0.2) is 4.98 Å². The molecule has 2 rings (SSSR count). The highest BCUT2D eigenvalue weighted by Gasteiger charge is 2.02. The van der Waals surface area contributed by atoms with Gasteiger partial charge in [0.1, 0.15) is 5.75 Å². The van der Waals surface area contributed by atoms with Crippen LogP contribution in [0, 0.1) is 6.92 Å². The van der Waals surface area contributed by atoms with Gasteiger partial charge in [0.25, 0.3) is 0 Å². The van der Waals surface area contributed by atoms with Gasteiger partial charge in [-0.1, -0.05) is 25.1 Å². The van der Waals surface area contributed by atoms with Crippen LogP contribution in [0.2, 0.25) is 0 Å². The summed E-state index contributed by atoms with van der Waals surface area (Å²) >= 11 is 0. The smallest absolute Gasteiger partial charge is 0.219 e. The summed E-state index contributed by atoms with van der Waals surface area (Å²) in [7, 11) is 0. The summed E-state index contributed by atoms with van der Waals surface area (Å²) in [4.78, 5) is 4.38. The fourth-order valence-corrected chi connectivity index (χ4v) is 1.75. The van der Waals surface area contributed by atoms with Gasteiger partial charge in [-0.3, -0.25) is 0 Å². The Balaban J connectivity index is 2.15. The highest BCUT2D eigenvalue weighted by atomic mass is 16.5. The van der Waals surface area contributed by atoms with Gasteiger partial charge < -0.3 is 10.5 Å². The molecule has 0 bridgehead atoms. The Kier molecular flexibility index (Phi) is 3.95. The molecule has 0 amide bonds. The second kappa shape index (κ2) is 5.65. The maximum absolute atomic E-state index is 5.71. The molecule has 1 aromatic carbocycles. The third-order valence-corrected chi connectivity index (χ3v) is 2.94. The van der Waals surface area contributed by atoms with Crippen LogP contribution in [0.5, 0.6) is 11.6 Å². The lowest BCUT2D eigenvalue weighted by molar-refractivity contribution is 0.461. The first-order valence-electron chi connectivity index (χ1n) is 6.16. The largest absolute Gasteiger partial charge is 0.439 e. The van der Waals surface area contributed by atoms with Crippen molar-refractivity contribution < 1.29 is 4.74 Å². The quantitative estimate of drug-likeness (QED) is 0.895. The molecule has 1 heterocycles. The average molecular weight is 242 g/mol. The van der Waals surface area contributed by atoms with E-state index in [0.29, 0.717) is 12.4 Å². The van der Waals surface area contributed by atoms with Gasteiger partial charge in [0.05, 0.1) is 0 Å². The highest BCUT2D eigenvalue weighted by molar-refractivity contribution is 5.32. The summed E-state index contributed by atoms with van der Waals surface area (Å²) in [5.41, 5.74) is 8.86. The van der Waals surface area contributed by atoms with E-state index in [1.807, 2.05) is 31.2 Å². The first-order chi connectivity index (χ1) is 8.72. The average Bonchev–Trinajstić information content (AvgIpc) is 2.40. The number of ether oxygens (including phenoxy) is 1. The Bertz CT molecular complexity index is 521. The number of benzene rings is 1. The standard InChI is InChI=1S/C15H18N2O/c1-3-12-4-7-14(8-5-12)18-15-9-6-13(10-16)11(2)17-15/h4-9H,3,10,16H2,1-2H3. The summed E-state index contributed by atoms with van der Waals surface area (Å²) in [6, 6.07) is 11.9. The fraction of sp³-hybridized carbons (Fsp3) is 0.267. The molecule has 0 aliphatic rings. The van der Waals surface area contributed by atoms with Crippen molar-refractivity contribution in [3.05, 3.63) is 53.2 Å². The number of pyridine rings is 1. The van der Waals surface area contributed by atoms with Gasteiger partial charge in [-0.25, -0.2) is 4.98 Å². The lowest BCUT2D eigenvalue weighted by Gasteiger charge is -2.08. The zero-order valence-electron chi connectivity index (χ0n) is 10.8. The Labute approximate surface area is 108 Å². The van der Waals surface area contributed by atoms with Crippen molar-refractivity contribution >= 4 is 0 Å². The Morgan fingerprint density at radius 3 is 2.39 bits per heavy atom. The lowest BCUT2D eigenvalue weighted by Crippen LogP contribution is -2.01. The third-order valence-electron chi connectivity index (χ3n) is 2.94. The molecule has 3 nitrogen and oxygen atoms in total. The molecule has 3 heteroatoms. The summed E-state index contributed by atoms with van der Waals surface area (Å²) < 4.78 is 5.71. The molecule has 0 unspecified atom stereocenters. The Morgan fingerprint density at radius 2 is 1.83 bits per heavy atom. The molecule has 2 N–H and O–H groups in total. The minimum Gasteiger partial charge on any atom is -0.439 e. The zero-order valence-corrected chi connectivity index (χ0v) is 10.8. The number of nitrogens with zero attached hydrogens (tertiary/aromatic N) is 1. The molecule has 0 radical (unpaired) electrons. The van der Waals surface area contributed by atoms with Gasteiger partial charge in [-0.05, 0) is 36.6 Å². The SMILES string of the molecule is CCc1ccc(Oc2ccc(CN)c(C)n2)cc1. The molecular weight excluding hydrogens is 224 g/mol. The zero-order chi connectivity index (χ0) is 13.0. The predicted octanol–water partition coefficient (Wildman–Crippen LogP) is 3.20. The van der Waals surface area contributed by atoms with Crippen LogP contribution >= 0.6 is 0 Å². The van der Waals surface area contributed by atoms with Crippen molar-refractivity contribution in [1.82, 2.24) is 4.98 Å². The van der Waals surface area contributed by atoms with Crippen molar-refractivity contribution in [1.29, 1.82) is 0 Å². The van der Waals surface area contributed by atoms with E-state index in [9.17, 15) is 0 Å². The summed E-state index contributed by atoms with van der Waals surface area (Å²) in [5, 5.41) is 0. The first kappa shape index (κ1) is 12.6. The summed E-state index contributed by atoms with van der Waals surface area (Å²) in [5.74, 6) is 1.41. The summed E-state index contributed by atoms with van der Waals surface area (Å²) in [6.07, 6.45) is 1.03. The van der Waals surface area contributed by atoms with Crippen molar-refractivity contribution in [2.75, 3.05) is 0 Å². The molecule has 0 saturated carbocycles. The van der Waals surface area contributed by atoms with Crippen molar-refractivity contribution in [3.8, 4) is 11.6 Å². The lowest BCUT2D eigenvalue weighted by atomic mass is 10.2. The minimum absolute atomic E-state index is 0.504. The molecule has 1 aromatic heterocycles. The monoisotopic (exact) mass is 242 g/mol. The van der Waals surface area contributed by atoms with Crippen molar-refractivity contribution in [3.63, 3.8) is 0 Å². The van der Waals surface area contributed by atoms with Crippen LogP contribution in [0.3, 0.4) is 0 Å². The number of hydrogen-bond donors (Lipinski definition) is 1. The maximum atomic E-state index is 5.71. The molecule has 18 heavy (non-hydrogen) atoms. The molecule has 0 saturated heterocycles. The Morgan fingerprint density at radius 1 is 1.11 bits per heavy atom. The van der Waals surface area contributed by atoms with Gasteiger partial charge in [-0.2, -0.15) is 0 Å². The Hall–Kier alpha value is -1.87.